The van der Waals surface area contributed by atoms with Gasteiger partial charge in [0.25, 0.3) is 0 Å². The monoisotopic (exact) mass is 629 g/mol. The van der Waals surface area contributed by atoms with Gasteiger partial charge in [0, 0.05) is 13.1 Å². The normalized spacial score (nSPS) is 27.4. The summed E-state index contributed by atoms with van der Waals surface area (Å²) in [6.07, 6.45) is -0.0933. The van der Waals surface area contributed by atoms with Gasteiger partial charge in [-0.2, -0.15) is 9.97 Å². The minimum absolute atomic E-state index is 0.0330. The molecule has 2 aliphatic heterocycles. The number of imidazole rings is 1. The number of fused-ring (bicyclic) bond motifs is 2. The van der Waals surface area contributed by atoms with Crippen LogP contribution in [0.4, 0.5) is 5.82 Å². The fourth-order valence-electron chi connectivity index (χ4n) is 6.16. The summed E-state index contributed by atoms with van der Waals surface area (Å²) in [7, 11) is -9.52. The van der Waals surface area contributed by atoms with Crippen molar-refractivity contribution in [3.8, 4) is 0 Å². The Kier molecular flexibility index (Phi) is 7.56. The van der Waals surface area contributed by atoms with Crippen LogP contribution < -0.4 is 4.90 Å². The van der Waals surface area contributed by atoms with E-state index >= 15 is 0 Å². The van der Waals surface area contributed by atoms with E-state index in [0.717, 1.165) is 38.8 Å². The molecule has 1 aliphatic carbocycles. The fourth-order valence-corrected chi connectivity index (χ4v) is 8.89. The molecule has 41 heavy (non-hydrogen) atoms. The van der Waals surface area contributed by atoms with Crippen molar-refractivity contribution in [2.75, 3.05) is 30.5 Å². The summed E-state index contributed by atoms with van der Waals surface area (Å²) < 4.78 is 35.0. The molecule has 3 aromatic rings. The molecule has 17 heteroatoms. The summed E-state index contributed by atoms with van der Waals surface area (Å²) in [5, 5.41) is 21.2. The minimum Gasteiger partial charge on any atom is -0.387 e. The number of aromatic nitrogens is 4. The van der Waals surface area contributed by atoms with Crippen molar-refractivity contribution in [1.29, 1.82) is 0 Å². The van der Waals surface area contributed by atoms with Gasteiger partial charge in [-0.05, 0) is 53.8 Å². The van der Waals surface area contributed by atoms with Crippen LogP contribution >= 0.6 is 26.8 Å². The number of halogens is 1. The van der Waals surface area contributed by atoms with E-state index in [2.05, 4.69) is 44.1 Å². The maximum atomic E-state index is 12.0. The first-order valence-corrected chi connectivity index (χ1v) is 17.0. The van der Waals surface area contributed by atoms with Crippen molar-refractivity contribution >= 4 is 43.8 Å². The van der Waals surface area contributed by atoms with Crippen LogP contribution in [0.1, 0.15) is 30.2 Å². The van der Waals surface area contributed by atoms with Crippen molar-refractivity contribution in [2.45, 2.75) is 50.2 Å². The molecule has 1 aromatic carbocycles. The van der Waals surface area contributed by atoms with Gasteiger partial charge in [0.2, 0.25) is 5.28 Å². The molecule has 5 atom stereocenters. The van der Waals surface area contributed by atoms with Crippen molar-refractivity contribution in [3.63, 3.8) is 0 Å². The third-order valence-electron chi connectivity index (χ3n) is 8.16. The molecule has 1 spiro atoms. The van der Waals surface area contributed by atoms with E-state index < -0.39 is 52.2 Å². The smallest absolute Gasteiger partial charge is 0.340 e. The van der Waals surface area contributed by atoms with Crippen molar-refractivity contribution in [1.82, 2.24) is 19.5 Å². The Bertz CT molecular complexity index is 1530. The van der Waals surface area contributed by atoms with Gasteiger partial charge in [-0.1, -0.05) is 24.3 Å². The molecule has 14 nitrogen and oxygen atoms in total. The van der Waals surface area contributed by atoms with E-state index in [1.54, 1.807) is 0 Å². The number of benzene rings is 1. The van der Waals surface area contributed by atoms with Crippen molar-refractivity contribution in [3.05, 3.63) is 47.0 Å². The highest BCUT2D eigenvalue weighted by molar-refractivity contribution is 7.70. The molecule has 222 valence electrons. The lowest BCUT2D eigenvalue weighted by Crippen LogP contribution is -2.41. The fraction of sp³-hybridized carbons (Fsp3) is 0.542. The van der Waals surface area contributed by atoms with Crippen LogP contribution in [0.5, 0.6) is 0 Å². The molecule has 3 aliphatic rings. The SMILES string of the molecule is O=P(O)(O)CP(=O)(O)OC[C@H]1O[C@@H](n2cnc3c(N4CCC5(CC4)Cc4ccccc4C5)nc(Cl)nc32)C(O)[C@H]1O. The molecule has 0 radical (unpaired) electrons. The lowest BCUT2D eigenvalue weighted by molar-refractivity contribution is -0.0483. The molecule has 5 N–H and O–H groups in total. The van der Waals surface area contributed by atoms with Crippen LogP contribution in [0.2, 0.25) is 5.28 Å². The van der Waals surface area contributed by atoms with Crippen LogP contribution in [-0.4, -0.2) is 88.3 Å². The zero-order valence-electron chi connectivity index (χ0n) is 21.7. The number of hydrogen-bond donors (Lipinski definition) is 5. The average molecular weight is 630 g/mol. The summed E-state index contributed by atoms with van der Waals surface area (Å²) in [6, 6.07) is 8.57. The topological polar surface area (TPSA) is 201 Å². The Morgan fingerprint density at radius 1 is 1.05 bits per heavy atom. The Balaban J connectivity index is 1.18. The summed E-state index contributed by atoms with van der Waals surface area (Å²) in [5.74, 6) is -0.834. The molecule has 2 fully saturated rings. The van der Waals surface area contributed by atoms with Gasteiger partial charge < -0.3 is 39.1 Å². The second-order valence-electron chi connectivity index (χ2n) is 11.0. The number of rotatable bonds is 7. The number of ether oxygens (including phenoxy) is 1. The highest BCUT2D eigenvalue weighted by Gasteiger charge is 2.46. The molecule has 2 unspecified atom stereocenters. The first-order chi connectivity index (χ1) is 19.3. The highest BCUT2D eigenvalue weighted by Crippen LogP contribution is 2.55. The second-order valence-corrected chi connectivity index (χ2v) is 15.4. The summed E-state index contributed by atoms with van der Waals surface area (Å²) in [6.45, 7) is 0.801. The minimum atomic E-state index is -4.83. The maximum Gasteiger partial charge on any atom is 0.340 e. The van der Waals surface area contributed by atoms with Gasteiger partial charge in [0.15, 0.2) is 29.1 Å². The first-order valence-electron chi connectivity index (χ1n) is 13.1. The lowest BCUT2D eigenvalue weighted by Gasteiger charge is -2.40. The number of anilines is 1. The summed E-state index contributed by atoms with van der Waals surface area (Å²) in [5.41, 5.74) is 3.75. The lowest BCUT2D eigenvalue weighted by atomic mass is 9.76. The van der Waals surface area contributed by atoms with Gasteiger partial charge in [0.1, 0.15) is 18.3 Å². The largest absolute Gasteiger partial charge is 0.387 e. The van der Waals surface area contributed by atoms with Crippen molar-refractivity contribution < 1.29 is 43.3 Å². The van der Waals surface area contributed by atoms with Gasteiger partial charge in [0.05, 0.1) is 12.9 Å². The molecular weight excluding hydrogens is 600 g/mol. The number of piperidine rings is 1. The Labute approximate surface area is 239 Å². The molecule has 2 aromatic heterocycles. The predicted octanol–water partition coefficient (Wildman–Crippen LogP) is 1.82. The molecule has 2 saturated heterocycles. The number of hydrogen-bond acceptors (Lipinski definition) is 10. The molecular formula is C24H30ClN5O9P2. The quantitative estimate of drug-likeness (QED) is 0.187. The molecule has 0 amide bonds. The molecule has 0 saturated carbocycles. The van der Waals surface area contributed by atoms with Crippen LogP contribution in [0.15, 0.2) is 30.6 Å². The zero-order valence-corrected chi connectivity index (χ0v) is 24.3. The van der Waals surface area contributed by atoms with Crippen LogP contribution in [-0.2, 0) is 31.2 Å². The maximum absolute atomic E-state index is 12.0. The van der Waals surface area contributed by atoms with E-state index in [9.17, 15) is 24.2 Å². The van der Waals surface area contributed by atoms with E-state index in [4.69, 9.17) is 30.6 Å². The molecule has 0 bridgehead atoms. The first kappa shape index (κ1) is 29.1. The third-order valence-corrected chi connectivity index (χ3v) is 11.8. The molecule has 6 rings (SSSR count). The van der Waals surface area contributed by atoms with Gasteiger partial charge >= 0.3 is 15.2 Å². The van der Waals surface area contributed by atoms with Gasteiger partial charge in [-0.25, -0.2) is 4.98 Å². The number of nitrogens with zero attached hydrogens (tertiary/aromatic N) is 5. The summed E-state index contributed by atoms with van der Waals surface area (Å²) in [4.78, 5) is 43.1. The van der Waals surface area contributed by atoms with Gasteiger partial charge in [-0.3, -0.25) is 13.7 Å². The highest BCUT2D eigenvalue weighted by atomic mass is 35.5. The zero-order chi connectivity index (χ0) is 29.2. The third kappa shape index (κ3) is 5.83. The van der Waals surface area contributed by atoms with E-state index in [0.29, 0.717) is 11.3 Å². The van der Waals surface area contributed by atoms with E-state index in [-0.39, 0.29) is 16.3 Å². The standard InChI is InChI=1S/C24H30ClN5O9P2/c25-23-27-20(29-7-5-24(6-8-29)9-14-3-1-2-4-15(14)10-24)17-21(28-23)30(12-26-17)22-19(32)18(31)16(39-22)11-38-41(36,37)13-40(33,34)35/h1-4,12,16,18-19,22,31-32H,5-11,13H2,(H,36,37)(H2,33,34,35)/t16-,18+,19?,22-/m1/s1. The Morgan fingerprint density at radius 2 is 1.71 bits per heavy atom. The molecule has 4 heterocycles. The second kappa shape index (κ2) is 10.6. The van der Waals surface area contributed by atoms with E-state index in [1.165, 1.54) is 22.0 Å². The van der Waals surface area contributed by atoms with Crippen LogP contribution in [0.25, 0.3) is 11.2 Å². The number of aliphatic hydroxyl groups is 2. The summed E-state index contributed by atoms with van der Waals surface area (Å²) >= 11 is 6.32. The Morgan fingerprint density at radius 3 is 2.34 bits per heavy atom. The Hall–Kier alpha value is -1.96. The number of aliphatic hydroxyl groups excluding tert-OH is 2. The van der Waals surface area contributed by atoms with Crippen LogP contribution in [0, 0.1) is 5.41 Å². The van der Waals surface area contributed by atoms with E-state index in [1.807, 2.05) is 0 Å². The van der Waals surface area contributed by atoms with Gasteiger partial charge in [-0.15, -0.1) is 0 Å². The van der Waals surface area contributed by atoms with Crippen molar-refractivity contribution in [2.24, 2.45) is 5.41 Å². The van der Waals surface area contributed by atoms with Crippen LogP contribution in [0.3, 0.4) is 0 Å². The predicted molar refractivity (Wildman–Crippen MR) is 147 cm³/mol. The average Bonchev–Trinajstić information content (AvgIpc) is 3.55.